The monoisotopic (exact) mass is 316 g/mol. The van der Waals surface area contributed by atoms with Crippen LogP contribution in [0.3, 0.4) is 0 Å². The molecule has 1 N–H and O–H groups in total. The molecule has 0 aliphatic rings. The van der Waals surface area contributed by atoms with Crippen LogP contribution in [0.1, 0.15) is 19.4 Å². The largest absolute Gasteiger partial charge is 0.482 e. The van der Waals surface area contributed by atoms with Gasteiger partial charge in [-0.3, -0.25) is 4.79 Å². The quantitative estimate of drug-likeness (QED) is 0.471. The Morgan fingerprint density at radius 3 is 2.48 bits per heavy atom. The van der Waals surface area contributed by atoms with E-state index in [0.717, 1.165) is 0 Å². The van der Waals surface area contributed by atoms with Crippen LogP contribution in [0.2, 0.25) is 0 Å². The van der Waals surface area contributed by atoms with E-state index in [1.54, 1.807) is 24.3 Å². The minimum absolute atomic E-state index is 0.0360. The molecule has 1 rings (SSSR count). The van der Waals surface area contributed by atoms with Crippen molar-refractivity contribution in [3.05, 3.63) is 35.4 Å². The van der Waals surface area contributed by atoms with Crippen molar-refractivity contribution in [2.75, 3.05) is 20.3 Å². The second-order valence-electron chi connectivity index (χ2n) is 5.21. The van der Waals surface area contributed by atoms with Crippen molar-refractivity contribution >= 4 is 18.0 Å². The van der Waals surface area contributed by atoms with Gasteiger partial charge in [-0.25, -0.2) is 4.79 Å². The Bertz CT molecular complexity index is 612. The summed E-state index contributed by atoms with van der Waals surface area (Å²) < 4.78 is 9.69. The van der Waals surface area contributed by atoms with Gasteiger partial charge < -0.3 is 14.8 Å². The molecule has 6 heteroatoms. The van der Waals surface area contributed by atoms with Crippen molar-refractivity contribution in [2.24, 2.45) is 5.92 Å². The molecule has 0 atom stereocenters. The van der Waals surface area contributed by atoms with E-state index in [1.165, 1.54) is 13.2 Å². The fourth-order valence-electron chi connectivity index (χ4n) is 1.57. The summed E-state index contributed by atoms with van der Waals surface area (Å²) in [5.41, 5.74) is 0.723. The Kier molecular flexibility index (Phi) is 7.34. The Balaban J connectivity index is 2.72. The van der Waals surface area contributed by atoms with Crippen LogP contribution >= 0.6 is 0 Å². The number of ether oxygens (including phenoxy) is 2. The van der Waals surface area contributed by atoms with Crippen molar-refractivity contribution in [3.63, 3.8) is 0 Å². The summed E-state index contributed by atoms with van der Waals surface area (Å²) in [5.74, 6) is -0.0600. The van der Waals surface area contributed by atoms with Gasteiger partial charge in [-0.1, -0.05) is 26.0 Å². The number of hydrogen-bond acceptors (Lipinski definition) is 5. The smallest absolute Gasteiger partial charge is 0.343 e. The molecule has 0 fully saturated rings. The van der Waals surface area contributed by atoms with E-state index in [-0.39, 0.29) is 12.2 Å². The number of nitrogens with one attached hydrogen (secondary N) is 1. The van der Waals surface area contributed by atoms with Crippen LogP contribution < -0.4 is 10.1 Å². The maximum Gasteiger partial charge on any atom is 0.343 e. The summed E-state index contributed by atoms with van der Waals surface area (Å²) in [6, 6.07) is 8.58. The minimum atomic E-state index is -0.470. The Hall–Kier alpha value is -2.81. The first kappa shape index (κ1) is 18.2. The van der Waals surface area contributed by atoms with Gasteiger partial charge in [-0.05, 0) is 29.7 Å². The van der Waals surface area contributed by atoms with Gasteiger partial charge in [0.1, 0.15) is 17.4 Å². The van der Waals surface area contributed by atoms with Crippen molar-refractivity contribution in [1.29, 1.82) is 5.26 Å². The average Bonchev–Trinajstić information content (AvgIpc) is 2.56. The summed E-state index contributed by atoms with van der Waals surface area (Å²) in [7, 11) is 1.29. The van der Waals surface area contributed by atoms with E-state index in [1.807, 2.05) is 19.9 Å². The van der Waals surface area contributed by atoms with Crippen molar-refractivity contribution in [2.45, 2.75) is 13.8 Å². The third-order valence-electron chi connectivity index (χ3n) is 2.81. The molecule has 0 aliphatic carbocycles. The maximum absolute atomic E-state index is 11.9. The SMILES string of the molecule is COC(=O)COc1ccc(/C=C(\C#N)C(=O)NCC(C)C)cc1. The lowest BCUT2D eigenvalue weighted by molar-refractivity contribution is -0.142. The number of nitrogens with zero attached hydrogens (tertiary/aromatic N) is 1. The van der Waals surface area contributed by atoms with E-state index >= 15 is 0 Å². The van der Waals surface area contributed by atoms with Crippen LogP contribution in [-0.4, -0.2) is 32.1 Å². The Morgan fingerprint density at radius 1 is 1.30 bits per heavy atom. The van der Waals surface area contributed by atoms with Gasteiger partial charge in [-0.2, -0.15) is 5.26 Å². The average molecular weight is 316 g/mol. The molecule has 0 aromatic heterocycles. The van der Waals surface area contributed by atoms with Gasteiger partial charge in [0.2, 0.25) is 0 Å². The molecular weight excluding hydrogens is 296 g/mol. The number of esters is 1. The number of methoxy groups -OCH3 is 1. The number of hydrogen-bond donors (Lipinski definition) is 1. The molecular formula is C17H20N2O4. The molecule has 122 valence electrons. The highest BCUT2D eigenvalue weighted by Gasteiger charge is 2.09. The first-order valence-electron chi connectivity index (χ1n) is 7.16. The number of carbonyl (C=O) groups is 2. The lowest BCUT2D eigenvalue weighted by Crippen LogP contribution is -2.28. The van der Waals surface area contributed by atoms with Crippen molar-refractivity contribution in [3.8, 4) is 11.8 Å². The second-order valence-corrected chi connectivity index (χ2v) is 5.21. The van der Waals surface area contributed by atoms with Gasteiger partial charge in [-0.15, -0.1) is 0 Å². The van der Waals surface area contributed by atoms with Crippen LogP contribution in [0.5, 0.6) is 5.75 Å². The molecule has 0 saturated heterocycles. The lowest BCUT2D eigenvalue weighted by Gasteiger charge is -2.07. The van der Waals surface area contributed by atoms with Crippen LogP contribution in [-0.2, 0) is 14.3 Å². The fraction of sp³-hybridized carbons (Fsp3) is 0.353. The van der Waals surface area contributed by atoms with Gasteiger partial charge in [0, 0.05) is 6.54 Å². The van der Waals surface area contributed by atoms with E-state index in [4.69, 9.17) is 10.00 Å². The number of amides is 1. The summed E-state index contributed by atoms with van der Waals surface area (Å²) in [5, 5.41) is 11.8. The zero-order valence-corrected chi connectivity index (χ0v) is 13.5. The molecule has 0 unspecified atom stereocenters. The zero-order valence-electron chi connectivity index (χ0n) is 13.5. The molecule has 23 heavy (non-hydrogen) atoms. The van der Waals surface area contributed by atoms with E-state index in [9.17, 15) is 9.59 Å². The number of rotatable bonds is 7. The molecule has 1 aromatic carbocycles. The van der Waals surface area contributed by atoms with Gasteiger partial charge in [0.15, 0.2) is 6.61 Å². The van der Waals surface area contributed by atoms with E-state index in [0.29, 0.717) is 23.8 Å². The third kappa shape index (κ3) is 6.66. The van der Waals surface area contributed by atoms with E-state index in [2.05, 4.69) is 10.1 Å². The highest BCUT2D eigenvalue weighted by atomic mass is 16.6. The van der Waals surface area contributed by atoms with Crippen LogP contribution in [0.15, 0.2) is 29.8 Å². The van der Waals surface area contributed by atoms with Gasteiger partial charge in [0.05, 0.1) is 7.11 Å². The molecule has 1 amide bonds. The topological polar surface area (TPSA) is 88.4 Å². The summed E-state index contributed by atoms with van der Waals surface area (Å²) in [4.78, 5) is 22.9. The molecule has 6 nitrogen and oxygen atoms in total. The normalized spacial score (nSPS) is 10.8. The first-order valence-corrected chi connectivity index (χ1v) is 7.16. The minimum Gasteiger partial charge on any atom is -0.482 e. The van der Waals surface area contributed by atoms with Crippen molar-refractivity contribution in [1.82, 2.24) is 5.32 Å². The zero-order chi connectivity index (χ0) is 17.2. The summed E-state index contributed by atoms with van der Waals surface area (Å²) in [6.45, 7) is 4.29. The molecule has 0 bridgehead atoms. The Labute approximate surface area is 135 Å². The lowest BCUT2D eigenvalue weighted by atomic mass is 10.1. The highest BCUT2D eigenvalue weighted by Crippen LogP contribution is 2.14. The van der Waals surface area contributed by atoms with E-state index < -0.39 is 11.9 Å². The summed E-state index contributed by atoms with van der Waals surface area (Å²) >= 11 is 0. The van der Waals surface area contributed by atoms with Gasteiger partial charge in [0.25, 0.3) is 5.91 Å². The molecule has 0 saturated carbocycles. The molecule has 0 heterocycles. The fourth-order valence-corrected chi connectivity index (χ4v) is 1.57. The number of carbonyl (C=O) groups excluding carboxylic acids is 2. The standard InChI is InChI=1S/C17H20N2O4/c1-12(2)10-19-17(21)14(9-18)8-13-4-6-15(7-5-13)23-11-16(20)22-3/h4-8,12H,10-11H2,1-3H3,(H,19,21)/b14-8+. The predicted octanol–water partition coefficient (Wildman–Crippen LogP) is 1.92. The number of nitriles is 1. The summed E-state index contributed by atoms with van der Waals surface area (Å²) in [6.07, 6.45) is 1.50. The Morgan fingerprint density at radius 2 is 1.96 bits per heavy atom. The molecule has 0 spiro atoms. The van der Waals surface area contributed by atoms with Crippen molar-refractivity contribution < 1.29 is 19.1 Å². The first-order chi connectivity index (χ1) is 11.0. The van der Waals surface area contributed by atoms with Crippen LogP contribution in [0.25, 0.3) is 6.08 Å². The third-order valence-corrected chi connectivity index (χ3v) is 2.81. The predicted molar refractivity (Wildman–Crippen MR) is 85.4 cm³/mol. The van der Waals surface area contributed by atoms with Gasteiger partial charge >= 0.3 is 5.97 Å². The van der Waals surface area contributed by atoms with Crippen LogP contribution in [0.4, 0.5) is 0 Å². The maximum atomic E-state index is 11.9. The highest BCUT2D eigenvalue weighted by molar-refractivity contribution is 6.01. The molecule has 0 aliphatic heterocycles. The van der Waals surface area contributed by atoms with Crippen LogP contribution in [0, 0.1) is 17.2 Å². The molecule has 1 aromatic rings. The second kappa shape index (κ2) is 9.26. The molecule has 0 radical (unpaired) electrons. The number of benzene rings is 1.